The molecule has 1 heterocycles. The molecule has 1 N–H and O–H groups in total. The zero-order chi connectivity index (χ0) is 18.5. The number of amides is 2. The summed E-state index contributed by atoms with van der Waals surface area (Å²) in [6.07, 6.45) is 6.52. The van der Waals surface area contributed by atoms with Gasteiger partial charge in [0.25, 0.3) is 5.91 Å². The lowest BCUT2D eigenvalue weighted by atomic mass is 10.1. The van der Waals surface area contributed by atoms with Gasteiger partial charge in [0, 0.05) is 24.1 Å². The van der Waals surface area contributed by atoms with E-state index in [4.69, 9.17) is 4.74 Å². The summed E-state index contributed by atoms with van der Waals surface area (Å²) in [5, 5.41) is 2.88. The molecule has 2 aliphatic rings. The lowest BCUT2D eigenvalue weighted by molar-refractivity contribution is -0.136. The Kier molecular flexibility index (Phi) is 6.17. The standard InChI is InChI=1S/C21H30N2O3/c1-15(2)22-20(24)16-9-11-19(12-10-16)26-14-18-8-5-13-23(18)21(25)17-6-3-4-7-17/h9-12,15,17-18H,3-8,13-14H2,1-2H3,(H,22,24). The molecule has 1 saturated carbocycles. The molecular weight excluding hydrogens is 328 g/mol. The Bertz CT molecular complexity index is 621. The molecule has 2 amide bonds. The van der Waals surface area contributed by atoms with Crippen LogP contribution in [0, 0.1) is 5.92 Å². The van der Waals surface area contributed by atoms with Crippen LogP contribution in [-0.4, -0.2) is 41.9 Å². The number of hydrogen-bond donors (Lipinski definition) is 1. The number of benzene rings is 1. The van der Waals surface area contributed by atoms with Crippen LogP contribution in [0.5, 0.6) is 5.75 Å². The number of ether oxygens (including phenoxy) is 1. The highest BCUT2D eigenvalue weighted by atomic mass is 16.5. The summed E-state index contributed by atoms with van der Waals surface area (Å²) >= 11 is 0. The molecule has 1 aliphatic heterocycles. The summed E-state index contributed by atoms with van der Waals surface area (Å²) in [6.45, 7) is 5.26. The third kappa shape index (κ3) is 4.57. The molecule has 3 rings (SSSR count). The zero-order valence-electron chi connectivity index (χ0n) is 15.9. The second kappa shape index (κ2) is 8.56. The van der Waals surface area contributed by atoms with Gasteiger partial charge in [-0.15, -0.1) is 0 Å². The first kappa shape index (κ1) is 18.7. The van der Waals surface area contributed by atoms with Crippen LogP contribution in [0.2, 0.25) is 0 Å². The minimum atomic E-state index is -0.0734. The highest BCUT2D eigenvalue weighted by Gasteiger charge is 2.34. The summed E-state index contributed by atoms with van der Waals surface area (Å²) in [7, 11) is 0. The smallest absolute Gasteiger partial charge is 0.251 e. The molecule has 1 atom stereocenters. The SMILES string of the molecule is CC(C)NC(=O)c1ccc(OCC2CCCN2C(=O)C2CCCC2)cc1. The van der Waals surface area contributed by atoms with Gasteiger partial charge < -0.3 is 15.0 Å². The molecule has 0 aromatic heterocycles. The first-order valence-corrected chi connectivity index (χ1v) is 9.89. The van der Waals surface area contributed by atoms with Crippen molar-refractivity contribution in [2.75, 3.05) is 13.2 Å². The van der Waals surface area contributed by atoms with Gasteiger partial charge in [0.05, 0.1) is 6.04 Å². The van der Waals surface area contributed by atoms with E-state index < -0.39 is 0 Å². The van der Waals surface area contributed by atoms with Gasteiger partial charge in [0.15, 0.2) is 0 Å². The van der Waals surface area contributed by atoms with E-state index in [1.54, 1.807) is 12.1 Å². The molecule has 26 heavy (non-hydrogen) atoms. The summed E-state index contributed by atoms with van der Waals surface area (Å²) in [5.41, 5.74) is 0.630. The van der Waals surface area contributed by atoms with Crippen LogP contribution in [0.3, 0.4) is 0 Å². The van der Waals surface area contributed by atoms with Gasteiger partial charge in [-0.2, -0.15) is 0 Å². The number of carbonyl (C=O) groups is 2. The predicted octanol–water partition coefficient (Wildman–Crippen LogP) is 3.38. The molecule has 1 unspecified atom stereocenters. The van der Waals surface area contributed by atoms with Crippen molar-refractivity contribution in [3.8, 4) is 5.75 Å². The maximum absolute atomic E-state index is 12.7. The largest absolute Gasteiger partial charge is 0.491 e. The lowest BCUT2D eigenvalue weighted by Gasteiger charge is -2.27. The van der Waals surface area contributed by atoms with Crippen molar-refractivity contribution >= 4 is 11.8 Å². The van der Waals surface area contributed by atoms with Crippen molar-refractivity contribution in [3.05, 3.63) is 29.8 Å². The Morgan fingerprint density at radius 1 is 1.12 bits per heavy atom. The van der Waals surface area contributed by atoms with E-state index in [0.717, 1.165) is 38.0 Å². The van der Waals surface area contributed by atoms with Gasteiger partial charge in [-0.1, -0.05) is 12.8 Å². The maximum Gasteiger partial charge on any atom is 0.251 e. The Morgan fingerprint density at radius 3 is 2.46 bits per heavy atom. The molecular formula is C21H30N2O3. The van der Waals surface area contributed by atoms with Gasteiger partial charge in [-0.3, -0.25) is 9.59 Å². The number of hydrogen-bond acceptors (Lipinski definition) is 3. The summed E-state index contributed by atoms with van der Waals surface area (Å²) in [6, 6.07) is 7.50. The molecule has 0 radical (unpaired) electrons. The minimum Gasteiger partial charge on any atom is -0.491 e. The molecule has 142 valence electrons. The number of rotatable bonds is 6. The average molecular weight is 358 g/mol. The third-order valence-electron chi connectivity index (χ3n) is 5.34. The second-order valence-electron chi connectivity index (χ2n) is 7.77. The topological polar surface area (TPSA) is 58.6 Å². The second-order valence-corrected chi connectivity index (χ2v) is 7.77. The van der Waals surface area contributed by atoms with E-state index in [1.807, 2.05) is 30.9 Å². The Labute approximate surface area is 156 Å². The first-order chi connectivity index (χ1) is 12.5. The zero-order valence-corrected chi connectivity index (χ0v) is 15.9. The highest BCUT2D eigenvalue weighted by molar-refractivity contribution is 5.94. The number of nitrogens with zero attached hydrogens (tertiary/aromatic N) is 1. The van der Waals surface area contributed by atoms with Crippen LogP contribution in [-0.2, 0) is 4.79 Å². The molecule has 0 bridgehead atoms. The van der Waals surface area contributed by atoms with Crippen molar-refractivity contribution in [3.63, 3.8) is 0 Å². The van der Waals surface area contributed by atoms with E-state index >= 15 is 0 Å². The molecule has 1 aromatic carbocycles. The molecule has 5 nitrogen and oxygen atoms in total. The monoisotopic (exact) mass is 358 g/mol. The summed E-state index contributed by atoms with van der Waals surface area (Å²) in [5.74, 6) is 1.23. The predicted molar refractivity (Wildman–Crippen MR) is 101 cm³/mol. The van der Waals surface area contributed by atoms with E-state index in [0.29, 0.717) is 18.1 Å². The lowest BCUT2D eigenvalue weighted by Crippen LogP contribution is -2.41. The fraction of sp³-hybridized carbons (Fsp3) is 0.619. The average Bonchev–Trinajstić information content (AvgIpc) is 3.31. The quantitative estimate of drug-likeness (QED) is 0.848. The van der Waals surface area contributed by atoms with Gasteiger partial charge in [-0.05, 0) is 63.8 Å². The van der Waals surface area contributed by atoms with Crippen LogP contribution in [0.15, 0.2) is 24.3 Å². The highest BCUT2D eigenvalue weighted by Crippen LogP contribution is 2.30. The van der Waals surface area contributed by atoms with Gasteiger partial charge >= 0.3 is 0 Å². The van der Waals surface area contributed by atoms with Crippen LogP contribution in [0.25, 0.3) is 0 Å². The van der Waals surface area contributed by atoms with Gasteiger partial charge in [-0.25, -0.2) is 0 Å². The van der Waals surface area contributed by atoms with Gasteiger partial charge in [0.2, 0.25) is 5.91 Å². The van der Waals surface area contributed by atoms with Crippen molar-refractivity contribution in [1.29, 1.82) is 0 Å². The number of carbonyl (C=O) groups excluding carboxylic acids is 2. The maximum atomic E-state index is 12.7. The first-order valence-electron chi connectivity index (χ1n) is 9.89. The fourth-order valence-electron chi connectivity index (χ4n) is 3.95. The number of nitrogens with one attached hydrogen (secondary N) is 1. The van der Waals surface area contributed by atoms with E-state index in [-0.39, 0.29) is 23.9 Å². The normalized spacial score (nSPS) is 20.6. The molecule has 5 heteroatoms. The molecule has 1 saturated heterocycles. The Morgan fingerprint density at radius 2 is 1.81 bits per heavy atom. The number of likely N-dealkylation sites (tertiary alicyclic amines) is 1. The van der Waals surface area contributed by atoms with Crippen LogP contribution in [0.1, 0.15) is 62.7 Å². The van der Waals surface area contributed by atoms with Crippen molar-refractivity contribution in [2.45, 2.75) is 64.5 Å². The minimum absolute atomic E-state index is 0.0734. The van der Waals surface area contributed by atoms with Crippen LogP contribution in [0.4, 0.5) is 0 Å². The summed E-state index contributed by atoms with van der Waals surface area (Å²) < 4.78 is 5.92. The van der Waals surface area contributed by atoms with E-state index in [1.165, 1.54) is 12.8 Å². The van der Waals surface area contributed by atoms with Crippen LogP contribution < -0.4 is 10.1 Å². The van der Waals surface area contributed by atoms with Gasteiger partial charge in [0.1, 0.15) is 12.4 Å². The van der Waals surface area contributed by atoms with E-state index in [9.17, 15) is 9.59 Å². The van der Waals surface area contributed by atoms with E-state index in [2.05, 4.69) is 5.32 Å². The third-order valence-corrected chi connectivity index (χ3v) is 5.34. The molecule has 0 spiro atoms. The fourth-order valence-corrected chi connectivity index (χ4v) is 3.95. The summed E-state index contributed by atoms with van der Waals surface area (Å²) in [4.78, 5) is 26.7. The molecule has 2 fully saturated rings. The van der Waals surface area contributed by atoms with Crippen molar-refractivity contribution in [2.24, 2.45) is 5.92 Å². The molecule has 1 aliphatic carbocycles. The van der Waals surface area contributed by atoms with Crippen molar-refractivity contribution in [1.82, 2.24) is 10.2 Å². The Hall–Kier alpha value is -2.04. The van der Waals surface area contributed by atoms with Crippen LogP contribution >= 0.6 is 0 Å². The molecule has 1 aromatic rings. The van der Waals surface area contributed by atoms with Crippen molar-refractivity contribution < 1.29 is 14.3 Å². The Balaban J connectivity index is 1.53.